The summed E-state index contributed by atoms with van der Waals surface area (Å²) in [5.74, 6) is 2.20. The topological polar surface area (TPSA) is 38.7 Å². The van der Waals surface area contributed by atoms with Crippen LogP contribution < -0.4 is 9.47 Å². The number of rotatable bonds is 3. The molecule has 0 aromatic heterocycles. The third-order valence-corrected chi connectivity index (χ3v) is 4.01. The van der Waals surface area contributed by atoms with Gasteiger partial charge in [0, 0.05) is 0 Å². The molecule has 3 heteroatoms. The molecule has 98 valence electrons. The molecule has 1 aliphatic heterocycles. The number of aliphatic hydroxyl groups excluding tert-OH is 1. The van der Waals surface area contributed by atoms with E-state index in [-0.39, 0.29) is 6.10 Å². The molecule has 3 rings (SSSR count). The largest absolute Gasteiger partial charge is 0.486 e. The first kappa shape index (κ1) is 11.8. The van der Waals surface area contributed by atoms with Gasteiger partial charge in [-0.1, -0.05) is 37.8 Å². The molecule has 1 aromatic carbocycles. The zero-order chi connectivity index (χ0) is 12.4. The van der Waals surface area contributed by atoms with Gasteiger partial charge in [0.25, 0.3) is 0 Å². The molecule has 1 aromatic rings. The SMILES string of the molecule is OC(CC1CCCC1)C1COc2ccccc2O1. The lowest BCUT2D eigenvalue weighted by Crippen LogP contribution is -2.40. The average molecular weight is 248 g/mol. The molecule has 1 N–H and O–H groups in total. The minimum atomic E-state index is -0.415. The first-order valence-corrected chi connectivity index (χ1v) is 6.89. The third kappa shape index (κ3) is 2.46. The number of hydrogen-bond acceptors (Lipinski definition) is 3. The quantitative estimate of drug-likeness (QED) is 0.894. The zero-order valence-electron chi connectivity index (χ0n) is 10.5. The molecule has 2 unspecified atom stereocenters. The number of aliphatic hydroxyl groups is 1. The summed E-state index contributed by atoms with van der Waals surface area (Å²) in [6.45, 7) is 0.449. The molecule has 0 spiro atoms. The number of benzene rings is 1. The molecule has 1 fully saturated rings. The first-order valence-electron chi connectivity index (χ1n) is 6.89. The summed E-state index contributed by atoms with van der Waals surface area (Å²) in [5.41, 5.74) is 0. The van der Waals surface area contributed by atoms with Crippen molar-refractivity contribution in [1.82, 2.24) is 0 Å². The van der Waals surface area contributed by atoms with E-state index < -0.39 is 6.10 Å². The highest BCUT2D eigenvalue weighted by Crippen LogP contribution is 2.34. The summed E-state index contributed by atoms with van der Waals surface area (Å²) >= 11 is 0. The van der Waals surface area contributed by atoms with E-state index in [1.807, 2.05) is 24.3 Å². The van der Waals surface area contributed by atoms with Gasteiger partial charge >= 0.3 is 0 Å². The maximum Gasteiger partial charge on any atom is 0.161 e. The normalized spacial score (nSPS) is 25.1. The monoisotopic (exact) mass is 248 g/mol. The highest BCUT2D eigenvalue weighted by Gasteiger charge is 2.30. The van der Waals surface area contributed by atoms with E-state index in [4.69, 9.17) is 9.47 Å². The van der Waals surface area contributed by atoms with Crippen LogP contribution in [-0.4, -0.2) is 23.9 Å². The maximum absolute atomic E-state index is 10.3. The first-order chi connectivity index (χ1) is 8.83. The van der Waals surface area contributed by atoms with E-state index in [9.17, 15) is 5.11 Å². The van der Waals surface area contributed by atoms with Crippen LogP contribution >= 0.6 is 0 Å². The van der Waals surface area contributed by atoms with Gasteiger partial charge in [0.2, 0.25) is 0 Å². The fourth-order valence-corrected chi connectivity index (χ4v) is 2.96. The lowest BCUT2D eigenvalue weighted by Gasteiger charge is -2.30. The Morgan fingerprint density at radius 2 is 1.89 bits per heavy atom. The molecule has 3 nitrogen and oxygen atoms in total. The van der Waals surface area contributed by atoms with E-state index in [0.717, 1.165) is 17.9 Å². The van der Waals surface area contributed by atoms with E-state index in [1.54, 1.807) is 0 Å². The molecule has 1 aliphatic carbocycles. The van der Waals surface area contributed by atoms with E-state index >= 15 is 0 Å². The van der Waals surface area contributed by atoms with Crippen molar-refractivity contribution in [3.8, 4) is 11.5 Å². The fourth-order valence-electron chi connectivity index (χ4n) is 2.96. The predicted octanol–water partition coefficient (Wildman–Crippen LogP) is 2.77. The molecule has 0 saturated heterocycles. The Morgan fingerprint density at radius 3 is 2.67 bits per heavy atom. The van der Waals surface area contributed by atoms with Crippen LogP contribution in [-0.2, 0) is 0 Å². The van der Waals surface area contributed by atoms with Crippen LogP contribution in [0, 0.1) is 5.92 Å². The number of hydrogen-bond donors (Lipinski definition) is 1. The van der Waals surface area contributed by atoms with Crippen molar-refractivity contribution >= 4 is 0 Å². The van der Waals surface area contributed by atoms with Gasteiger partial charge in [-0.25, -0.2) is 0 Å². The van der Waals surface area contributed by atoms with E-state index in [2.05, 4.69) is 0 Å². The minimum absolute atomic E-state index is 0.222. The second kappa shape index (κ2) is 5.19. The second-order valence-corrected chi connectivity index (χ2v) is 5.37. The number of para-hydroxylation sites is 2. The molecule has 0 radical (unpaired) electrons. The van der Waals surface area contributed by atoms with E-state index in [0.29, 0.717) is 12.5 Å². The zero-order valence-corrected chi connectivity index (χ0v) is 10.5. The lowest BCUT2D eigenvalue weighted by molar-refractivity contribution is -0.0203. The molecule has 2 aliphatic rings. The van der Waals surface area contributed by atoms with Crippen LogP contribution in [0.1, 0.15) is 32.1 Å². The molecular weight excluding hydrogens is 228 g/mol. The van der Waals surface area contributed by atoms with Crippen molar-refractivity contribution in [3.63, 3.8) is 0 Å². The van der Waals surface area contributed by atoms with Gasteiger partial charge in [-0.05, 0) is 24.5 Å². The molecule has 1 heterocycles. The molecular formula is C15H20O3. The van der Waals surface area contributed by atoms with Crippen molar-refractivity contribution < 1.29 is 14.6 Å². The minimum Gasteiger partial charge on any atom is -0.486 e. The van der Waals surface area contributed by atoms with Crippen LogP contribution in [0.3, 0.4) is 0 Å². The fraction of sp³-hybridized carbons (Fsp3) is 0.600. The van der Waals surface area contributed by atoms with Crippen LogP contribution in [0.4, 0.5) is 0 Å². The molecule has 2 atom stereocenters. The smallest absolute Gasteiger partial charge is 0.161 e. The maximum atomic E-state index is 10.3. The van der Waals surface area contributed by atoms with E-state index in [1.165, 1.54) is 25.7 Å². The highest BCUT2D eigenvalue weighted by molar-refractivity contribution is 5.40. The van der Waals surface area contributed by atoms with Gasteiger partial charge in [0.05, 0.1) is 6.10 Å². The van der Waals surface area contributed by atoms with Crippen LogP contribution in [0.15, 0.2) is 24.3 Å². The number of fused-ring (bicyclic) bond motifs is 1. The average Bonchev–Trinajstić information content (AvgIpc) is 2.91. The van der Waals surface area contributed by atoms with Gasteiger partial charge < -0.3 is 14.6 Å². The molecule has 0 bridgehead atoms. The summed E-state index contributed by atoms with van der Waals surface area (Å²) in [4.78, 5) is 0. The van der Waals surface area contributed by atoms with Gasteiger partial charge in [-0.15, -0.1) is 0 Å². The Balaban J connectivity index is 1.60. The van der Waals surface area contributed by atoms with Crippen LogP contribution in [0.2, 0.25) is 0 Å². The highest BCUT2D eigenvalue weighted by atomic mass is 16.6. The summed E-state index contributed by atoms with van der Waals surface area (Å²) in [6.07, 6.45) is 5.32. The Bertz CT molecular complexity index is 398. The Morgan fingerprint density at radius 1 is 1.17 bits per heavy atom. The summed E-state index contributed by atoms with van der Waals surface area (Å²) < 4.78 is 11.5. The molecule has 1 saturated carbocycles. The van der Waals surface area contributed by atoms with Crippen LogP contribution in [0.25, 0.3) is 0 Å². The van der Waals surface area contributed by atoms with Gasteiger partial charge in [-0.2, -0.15) is 0 Å². The van der Waals surface area contributed by atoms with Gasteiger partial charge in [-0.3, -0.25) is 0 Å². The summed E-state index contributed by atoms with van der Waals surface area (Å²) in [5, 5.41) is 10.3. The molecule has 18 heavy (non-hydrogen) atoms. The second-order valence-electron chi connectivity index (χ2n) is 5.37. The Kier molecular flexibility index (Phi) is 3.41. The van der Waals surface area contributed by atoms with Crippen molar-refractivity contribution in [3.05, 3.63) is 24.3 Å². The van der Waals surface area contributed by atoms with Crippen molar-refractivity contribution in [2.45, 2.75) is 44.3 Å². The van der Waals surface area contributed by atoms with Crippen molar-refractivity contribution in [2.24, 2.45) is 5.92 Å². The molecule has 0 amide bonds. The predicted molar refractivity (Wildman–Crippen MR) is 68.9 cm³/mol. The van der Waals surface area contributed by atoms with Crippen molar-refractivity contribution in [1.29, 1.82) is 0 Å². The standard InChI is InChI=1S/C15H20O3/c16-12(9-11-5-1-2-6-11)15-10-17-13-7-3-4-8-14(13)18-15/h3-4,7-8,11-12,15-16H,1-2,5-6,9-10H2. The number of ether oxygens (including phenoxy) is 2. The summed E-state index contributed by atoms with van der Waals surface area (Å²) in [6, 6.07) is 7.64. The van der Waals surface area contributed by atoms with Crippen LogP contribution in [0.5, 0.6) is 11.5 Å². The third-order valence-electron chi connectivity index (χ3n) is 4.01. The lowest BCUT2D eigenvalue weighted by atomic mass is 9.97. The van der Waals surface area contributed by atoms with Crippen molar-refractivity contribution in [2.75, 3.05) is 6.61 Å². The van der Waals surface area contributed by atoms with Gasteiger partial charge in [0.15, 0.2) is 17.6 Å². The van der Waals surface area contributed by atoms with Gasteiger partial charge in [0.1, 0.15) is 6.61 Å². The Labute approximate surface area is 108 Å². The Hall–Kier alpha value is -1.22. The summed E-state index contributed by atoms with van der Waals surface area (Å²) in [7, 11) is 0.